The molecule has 1 heterocycles. The van der Waals surface area contributed by atoms with Gasteiger partial charge in [-0.15, -0.1) is 16.8 Å². The maximum absolute atomic E-state index is 4.19. The number of hydrogen-bond donors (Lipinski definition) is 0. The first kappa shape index (κ1) is 6.52. The summed E-state index contributed by atoms with van der Waals surface area (Å²) in [5.74, 6) is 1.49. The summed E-state index contributed by atoms with van der Waals surface area (Å²) in [4.78, 5) is 1.57. The van der Waals surface area contributed by atoms with E-state index in [1.807, 2.05) is 0 Å². The van der Waals surface area contributed by atoms with Crippen molar-refractivity contribution in [1.82, 2.24) is 20.2 Å². The topological polar surface area (TPSA) is 43.6 Å². The molecule has 0 spiro atoms. The van der Waals surface area contributed by atoms with Gasteiger partial charge in [-0.05, 0) is 18.1 Å². The van der Waals surface area contributed by atoms with Crippen molar-refractivity contribution >= 4 is 0 Å². The molecule has 1 aliphatic carbocycles. The highest BCUT2D eigenvalue weighted by Gasteiger charge is 2.27. The Kier molecular flexibility index (Phi) is 1.45. The van der Waals surface area contributed by atoms with Crippen LogP contribution in [0.3, 0.4) is 0 Å². The van der Waals surface area contributed by atoms with Crippen LogP contribution in [-0.4, -0.2) is 20.2 Å². The second kappa shape index (κ2) is 2.45. The van der Waals surface area contributed by atoms with E-state index in [0.29, 0.717) is 12.5 Å². The molecule has 1 aromatic heterocycles. The fraction of sp³-hybridized carbons (Fsp3) is 0.571. The molecule has 0 aliphatic heterocycles. The van der Waals surface area contributed by atoms with Crippen LogP contribution in [0, 0.1) is 0 Å². The van der Waals surface area contributed by atoms with Crippen molar-refractivity contribution in [3.8, 4) is 0 Å². The second-order valence-corrected chi connectivity index (χ2v) is 2.77. The highest BCUT2D eigenvalue weighted by Crippen LogP contribution is 2.37. The minimum absolute atomic E-state index is 0.591. The lowest BCUT2D eigenvalue weighted by molar-refractivity contribution is 0.580. The van der Waals surface area contributed by atoms with Crippen molar-refractivity contribution in [2.24, 2.45) is 0 Å². The number of tetrazole rings is 1. The van der Waals surface area contributed by atoms with E-state index in [0.717, 1.165) is 5.82 Å². The van der Waals surface area contributed by atoms with Gasteiger partial charge >= 0.3 is 0 Å². The Bertz CT molecular complexity index is 261. The van der Waals surface area contributed by atoms with Gasteiger partial charge < -0.3 is 0 Å². The zero-order chi connectivity index (χ0) is 7.68. The molecule has 0 aromatic carbocycles. The van der Waals surface area contributed by atoms with E-state index in [1.54, 1.807) is 10.9 Å². The van der Waals surface area contributed by atoms with Gasteiger partial charge in [-0.1, -0.05) is 6.08 Å². The lowest BCUT2D eigenvalue weighted by Crippen LogP contribution is -1.99. The monoisotopic (exact) mass is 150 g/mol. The van der Waals surface area contributed by atoms with Gasteiger partial charge in [0, 0.05) is 5.92 Å². The van der Waals surface area contributed by atoms with E-state index in [1.165, 1.54) is 12.8 Å². The summed E-state index contributed by atoms with van der Waals surface area (Å²) in [7, 11) is 0. The summed E-state index contributed by atoms with van der Waals surface area (Å²) < 4.78 is 0. The van der Waals surface area contributed by atoms with Gasteiger partial charge in [0.15, 0.2) is 5.82 Å². The van der Waals surface area contributed by atoms with Crippen molar-refractivity contribution in [2.45, 2.75) is 25.3 Å². The number of aromatic nitrogens is 4. The first-order valence-electron chi connectivity index (χ1n) is 3.79. The molecule has 2 rings (SSSR count). The fourth-order valence-corrected chi connectivity index (χ4v) is 0.953. The summed E-state index contributed by atoms with van der Waals surface area (Å²) in [6.45, 7) is 4.25. The molecule has 0 radical (unpaired) electrons. The number of hydrogen-bond acceptors (Lipinski definition) is 3. The van der Waals surface area contributed by atoms with E-state index >= 15 is 0 Å². The standard InChI is InChI=1S/C7H10N4/c1-2-5-11-9-7(8-10-11)6-3-4-6/h2,6H,1,3-5H2. The van der Waals surface area contributed by atoms with Crippen LogP contribution >= 0.6 is 0 Å². The first-order valence-corrected chi connectivity index (χ1v) is 3.79. The number of allylic oxidation sites excluding steroid dienone is 1. The summed E-state index contributed by atoms with van der Waals surface area (Å²) in [6, 6.07) is 0. The van der Waals surface area contributed by atoms with Crippen molar-refractivity contribution in [3.05, 3.63) is 18.5 Å². The van der Waals surface area contributed by atoms with Gasteiger partial charge in [0.25, 0.3) is 0 Å². The molecular weight excluding hydrogens is 140 g/mol. The van der Waals surface area contributed by atoms with E-state index in [4.69, 9.17) is 0 Å². The zero-order valence-electron chi connectivity index (χ0n) is 6.27. The number of rotatable bonds is 3. The van der Waals surface area contributed by atoms with Crippen LogP contribution in [0.2, 0.25) is 0 Å². The van der Waals surface area contributed by atoms with Crippen molar-refractivity contribution in [1.29, 1.82) is 0 Å². The minimum Gasteiger partial charge on any atom is -0.160 e. The van der Waals surface area contributed by atoms with Crippen LogP contribution in [-0.2, 0) is 6.54 Å². The summed E-state index contributed by atoms with van der Waals surface area (Å²) in [6.07, 6.45) is 4.21. The predicted molar refractivity (Wildman–Crippen MR) is 40.0 cm³/mol. The van der Waals surface area contributed by atoms with E-state index in [-0.39, 0.29) is 0 Å². The van der Waals surface area contributed by atoms with E-state index in [2.05, 4.69) is 22.0 Å². The first-order chi connectivity index (χ1) is 5.40. The van der Waals surface area contributed by atoms with E-state index < -0.39 is 0 Å². The molecule has 1 aromatic rings. The Hall–Kier alpha value is -1.19. The van der Waals surface area contributed by atoms with Gasteiger partial charge in [-0.2, -0.15) is 4.80 Å². The highest BCUT2D eigenvalue weighted by atomic mass is 15.6. The lowest BCUT2D eigenvalue weighted by atomic mass is 10.4. The molecule has 1 saturated carbocycles. The van der Waals surface area contributed by atoms with Crippen LogP contribution in [0.4, 0.5) is 0 Å². The molecule has 0 unspecified atom stereocenters. The molecule has 0 bridgehead atoms. The Morgan fingerprint density at radius 1 is 1.64 bits per heavy atom. The SMILES string of the molecule is C=CCn1nnc(C2CC2)n1. The molecule has 4 nitrogen and oxygen atoms in total. The molecular formula is C7H10N4. The Labute approximate surface area is 64.9 Å². The third kappa shape index (κ3) is 1.29. The summed E-state index contributed by atoms with van der Waals surface area (Å²) in [5, 5.41) is 12.0. The van der Waals surface area contributed by atoms with Crippen LogP contribution in [0.25, 0.3) is 0 Å². The Balaban J connectivity index is 2.11. The molecule has 58 valence electrons. The number of nitrogens with zero attached hydrogens (tertiary/aromatic N) is 4. The summed E-state index contributed by atoms with van der Waals surface area (Å²) in [5.41, 5.74) is 0. The van der Waals surface area contributed by atoms with E-state index in [9.17, 15) is 0 Å². The zero-order valence-corrected chi connectivity index (χ0v) is 6.27. The molecule has 0 amide bonds. The third-order valence-electron chi connectivity index (χ3n) is 1.70. The molecule has 11 heavy (non-hydrogen) atoms. The van der Waals surface area contributed by atoms with Gasteiger partial charge in [-0.25, -0.2) is 0 Å². The average Bonchev–Trinajstić information content (AvgIpc) is 2.75. The highest BCUT2D eigenvalue weighted by molar-refractivity contribution is 5.00. The quantitative estimate of drug-likeness (QED) is 0.597. The second-order valence-electron chi connectivity index (χ2n) is 2.77. The van der Waals surface area contributed by atoms with Gasteiger partial charge in [0.05, 0.1) is 6.54 Å². The molecule has 1 fully saturated rings. The lowest BCUT2D eigenvalue weighted by Gasteiger charge is -1.87. The predicted octanol–water partition coefficient (Wildman–Crippen LogP) is 0.736. The van der Waals surface area contributed by atoms with Crippen LogP contribution in [0.5, 0.6) is 0 Å². The van der Waals surface area contributed by atoms with Crippen molar-refractivity contribution in [3.63, 3.8) is 0 Å². The van der Waals surface area contributed by atoms with Crippen molar-refractivity contribution in [2.75, 3.05) is 0 Å². The molecule has 1 aliphatic rings. The largest absolute Gasteiger partial charge is 0.177 e. The van der Waals surface area contributed by atoms with Gasteiger partial charge in [0.2, 0.25) is 0 Å². The van der Waals surface area contributed by atoms with Gasteiger partial charge in [-0.3, -0.25) is 0 Å². The molecule has 0 saturated heterocycles. The van der Waals surface area contributed by atoms with Crippen molar-refractivity contribution < 1.29 is 0 Å². The smallest absolute Gasteiger partial charge is 0.160 e. The molecule has 0 atom stereocenters. The average molecular weight is 150 g/mol. The molecule has 0 N–H and O–H groups in total. The third-order valence-corrected chi connectivity index (χ3v) is 1.70. The van der Waals surface area contributed by atoms with Crippen LogP contribution < -0.4 is 0 Å². The maximum Gasteiger partial charge on any atom is 0.177 e. The maximum atomic E-state index is 4.19. The van der Waals surface area contributed by atoms with Gasteiger partial charge in [0.1, 0.15) is 0 Å². The summed E-state index contributed by atoms with van der Waals surface area (Å²) >= 11 is 0. The van der Waals surface area contributed by atoms with Crippen LogP contribution in [0.15, 0.2) is 12.7 Å². The Morgan fingerprint density at radius 3 is 3.09 bits per heavy atom. The van der Waals surface area contributed by atoms with Crippen LogP contribution in [0.1, 0.15) is 24.6 Å². The molecule has 4 heteroatoms. The Morgan fingerprint density at radius 2 is 2.45 bits per heavy atom. The fourth-order valence-electron chi connectivity index (χ4n) is 0.953. The normalized spacial score (nSPS) is 16.7. The minimum atomic E-state index is 0.591.